The predicted octanol–water partition coefficient (Wildman–Crippen LogP) is 1.25. The molecule has 1 aromatic carbocycles. The van der Waals surface area contributed by atoms with Gasteiger partial charge < -0.3 is 4.74 Å². The van der Waals surface area contributed by atoms with Crippen LogP contribution >= 0.6 is 0 Å². The normalized spacial score (nSPS) is 11.7. The van der Waals surface area contributed by atoms with Gasteiger partial charge in [-0.2, -0.15) is 0 Å². The van der Waals surface area contributed by atoms with Crippen LogP contribution in [0.4, 0.5) is 5.69 Å². The lowest BCUT2D eigenvalue weighted by Gasteiger charge is -2.16. The number of methoxy groups -OCH3 is 1. The van der Waals surface area contributed by atoms with Gasteiger partial charge in [0.25, 0.3) is 5.69 Å². The molecule has 1 aromatic rings. The first-order valence-electron chi connectivity index (χ1n) is 5.59. The predicted molar refractivity (Wildman–Crippen MR) is 69.4 cm³/mol. The molecule has 0 aromatic heterocycles. The van der Waals surface area contributed by atoms with Crippen LogP contribution in [-0.2, 0) is 14.8 Å². The van der Waals surface area contributed by atoms with Gasteiger partial charge >= 0.3 is 0 Å². The standard InChI is InChI=1S/C11H16N2O5S/c1-12(8-3-9-18-2)19(16,17)11-6-4-10(5-7-11)13(14)15/h4-7H,3,8-9H2,1-2H3. The maximum atomic E-state index is 12.1. The molecule has 19 heavy (non-hydrogen) atoms. The fourth-order valence-electron chi connectivity index (χ4n) is 1.47. The van der Waals surface area contributed by atoms with Gasteiger partial charge in [0.05, 0.1) is 9.82 Å². The number of ether oxygens (including phenoxy) is 1. The second-order valence-corrected chi connectivity index (χ2v) is 5.97. The summed E-state index contributed by atoms with van der Waals surface area (Å²) in [6, 6.07) is 4.83. The zero-order valence-corrected chi connectivity index (χ0v) is 11.6. The first kappa shape index (κ1) is 15.5. The van der Waals surface area contributed by atoms with E-state index < -0.39 is 14.9 Å². The van der Waals surface area contributed by atoms with E-state index in [2.05, 4.69) is 0 Å². The molecule has 0 heterocycles. The summed E-state index contributed by atoms with van der Waals surface area (Å²) in [5.74, 6) is 0. The monoisotopic (exact) mass is 288 g/mol. The highest BCUT2D eigenvalue weighted by Gasteiger charge is 2.21. The first-order valence-corrected chi connectivity index (χ1v) is 7.03. The molecule has 8 heteroatoms. The van der Waals surface area contributed by atoms with Crippen molar-refractivity contribution in [3.05, 3.63) is 34.4 Å². The fraction of sp³-hybridized carbons (Fsp3) is 0.455. The van der Waals surface area contributed by atoms with E-state index in [9.17, 15) is 18.5 Å². The van der Waals surface area contributed by atoms with Gasteiger partial charge in [-0.3, -0.25) is 10.1 Å². The average molecular weight is 288 g/mol. The highest BCUT2D eigenvalue weighted by molar-refractivity contribution is 7.89. The van der Waals surface area contributed by atoms with Crippen LogP contribution in [0.1, 0.15) is 6.42 Å². The number of nitro groups is 1. The molecule has 1 rings (SSSR count). The molecular formula is C11H16N2O5S. The summed E-state index contributed by atoms with van der Waals surface area (Å²) < 4.78 is 30.3. The van der Waals surface area contributed by atoms with Gasteiger partial charge in [0.1, 0.15) is 0 Å². The van der Waals surface area contributed by atoms with E-state index in [1.54, 1.807) is 7.11 Å². The molecule has 0 aliphatic carbocycles. The smallest absolute Gasteiger partial charge is 0.269 e. The van der Waals surface area contributed by atoms with Gasteiger partial charge in [-0.15, -0.1) is 0 Å². The molecule has 0 saturated carbocycles. The van der Waals surface area contributed by atoms with Crippen molar-refractivity contribution in [3.8, 4) is 0 Å². The van der Waals surface area contributed by atoms with E-state index >= 15 is 0 Å². The summed E-state index contributed by atoms with van der Waals surface area (Å²) >= 11 is 0. The Balaban J connectivity index is 2.84. The van der Waals surface area contributed by atoms with Crippen molar-refractivity contribution in [3.63, 3.8) is 0 Å². The van der Waals surface area contributed by atoms with Gasteiger partial charge in [0.2, 0.25) is 10.0 Å². The highest BCUT2D eigenvalue weighted by atomic mass is 32.2. The van der Waals surface area contributed by atoms with E-state index in [-0.39, 0.29) is 10.6 Å². The Morgan fingerprint density at radius 2 is 1.89 bits per heavy atom. The van der Waals surface area contributed by atoms with Crippen LogP contribution in [0, 0.1) is 10.1 Å². The summed E-state index contributed by atoms with van der Waals surface area (Å²) in [6.07, 6.45) is 0.583. The first-order chi connectivity index (χ1) is 8.89. The highest BCUT2D eigenvalue weighted by Crippen LogP contribution is 2.18. The van der Waals surface area contributed by atoms with Gasteiger partial charge in [-0.25, -0.2) is 12.7 Å². The van der Waals surface area contributed by atoms with Crippen molar-refractivity contribution in [2.45, 2.75) is 11.3 Å². The Morgan fingerprint density at radius 3 is 2.37 bits per heavy atom. The van der Waals surface area contributed by atoms with Gasteiger partial charge in [0.15, 0.2) is 0 Å². The molecule has 0 atom stereocenters. The molecule has 0 bridgehead atoms. The van der Waals surface area contributed by atoms with Crippen LogP contribution in [0.3, 0.4) is 0 Å². The molecule has 0 aliphatic heterocycles. The molecule has 106 valence electrons. The minimum Gasteiger partial charge on any atom is -0.385 e. The zero-order valence-electron chi connectivity index (χ0n) is 10.8. The van der Waals surface area contributed by atoms with Crippen molar-refractivity contribution in [2.24, 2.45) is 0 Å². The maximum absolute atomic E-state index is 12.1. The van der Waals surface area contributed by atoms with E-state index in [0.29, 0.717) is 19.6 Å². The van der Waals surface area contributed by atoms with E-state index in [0.717, 1.165) is 0 Å². The Labute approximate surface area is 112 Å². The third kappa shape index (κ3) is 3.98. The molecule has 7 nitrogen and oxygen atoms in total. The van der Waals surface area contributed by atoms with Crippen LogP contribution in [0.2, 0.25) is 0 Å². The molecule has 0 spiro atoms. The molecular weight excluding hydrogens is 272 g/mol. The maximum Gasteiger partial charge on any atom is 0.269 e. The second-order valence-electron chi connectivity index (χ2n) is 3.92. The van der Waals surface area contributed by atoms with Crippen molar-refractivity contribution >= 4 is 15.7 Å². The Morgan fingerprint density at radius 1 is 1.32 bits per heavy atom. The van der Waals surface area contributed by atoms with E-state index in [1.807, 2.05) is 0 Å². The number of nitro benzene ring substituents is 1. The lowest BCUT2D eigenvalue weighted by atomic mass is 10.3. The van der Waals surface area contributed by atoms with E-state index in [4.69, 9.17) is 4.74 Å². The van der Waals surface area contributed by atoms with Crippen LogP contribution in [0.25, 0.3) is 0 Å². The molecule has 0 amide bonds. The molecule has 0 radical (unpaired) electrons. The molecule has 0 aliphatic rings. The second kappa shape index (κ2) is 6.60. The summed E-state index contributed by atoms with van der Waals surface area (Å²) in [7, 11) is -0.596. The van der Waals surface area contributed by atoms with Crippen LogP contribution < -0.4 is 0 Å². The third-order valence-corrected chi connectivity index (χ3v) is 4.45. The number of hydrogen-bond acceptors (Lipinski definition) is 5. The average Bonchev–Trinajstić information content (AvgIpc) is 2.39. The van der Waals surface area contributed by atoms with Gasteiger partial charge in [-0.1, -0.05) is 0 Å². The minimum atomic E-state index is -3.61. The quantitative estimate of drug-likeness (QED) is 0.428. The van der Waals surface area contributed by atoms with Gasteiger partial charge in [-0.05, 0) is 18.6 Å². The van der Waals surface area contributed by atoms with Crippen molar-refractivity contribution in [2.75, 3.05) is 27.3 Å². The lowest BCUT2D eigenvalue weighted by molar-refractivity contribution is -0.384. The summed E-state index contributed by atoms with van der Waals surface area (Å²) in [4.78, 5) is 9.97. The fourth-order valence-corrected chi connectivity index (χ4v) is 2.68. The Hall–Kier alpha value is -1.51. The molecule has 0 unspecified atom stereocenters. The lowest BCUT2D eigenvalue weighted by Crippen LogP contribution is -2.28. The topological polar surface area (TPSA) is 89.8 Å². The van der Waals surface area contributed by atoms with E-state index in [1.165, 1.54) is 35.6 Å². The number of rotatable bonds is 7. The van der Waals surface area contributed by atoms with Crippen molar-refractivity contribution < 1.29 is 18.1 Å². The number of hydrogen-bond donors (Lipinski definition) is 0. The summed E-state index contributed by atoms with van der Waals surface area (Å²) in [6.45, 7) is 0.799. The van der Waals surface area contributed by atoms with Crippen molar-refractivity contribution in [1.29, 1.82) is 0 Å². The molecule has 0 fully saturated rings. The van der Waals surface area contributed by atoms with Crippen molar-refractivity contribution in [1.82, 2.24) is 4.31 Å². The minimum absolute atomic E-state index is 0.0398. The molecule has 0 N–H and O–H groups in total. The number of sulfonamides is 1. The summed E-state index contributed by atoms with van der Waals surface area (Å²) in [5.41, 5.74) is -0.138. The van der Waals surface area contributed by atoms with Crippen LogP contribution in [0.5, 0.6) is 0 Å². The number of benzene rings is 1. The summed E-state index contributed by atoms with van der Waals surface area (Å²) in [5, 5.41) is 10.5. The SMILES string of the molecule is COCCCN(C)S(=O)(=O)c1ccc([N+](=O)[O-])cc1. The van der Waals surface area contributed by atoms with Gasteiger partial charge in [0, 0.05) is 39.4 Å². The van der Waals surface area contributed by atoms with Crippen LogP contribution in [0.15, 0.2) is 29.2 Å². The molecule has 0 saturated heterocycles. The number of non-ortho nitro benzene ring substituents is 1. The number of nitrogens with zero attached hydrogens (tertiary/aromatic N) is 2. The largest absolute Gasteiger partial charge is 0.385 e. The zero-order chi connectivity index (χ0) is 14.5. The Bertz CT molecular complexity index is 527. The van der Waals surface area contributed by atoms with Crippen LogP contribution in [-0.4, -0.2) is 45.0 Å². The third-order valence-electron chi connectivity index (χ3n) is 2.58. The Kier molecular flexibility index (Phi) is 5.40.